The Morgan fingerprint density at radius 2 is 2.00 bits per heavy atom. The molecule has 1 heterocycles. The van der Waals surface area contributed by atoms with Gasteiger partial charge in [-0.05, 0) is 18.2 Å². The van der Waals surface area contributed by atoms with Crippen LogP contribution in [0.25, 0.3) is 22.4 Å². The van der Waals surface area contributed by atoms with Gasteiger partial charge >= 0.3 is 0 Å². The second-order valence-corrected chi connectivity index (χ2v) is 5.01. The van der Waals surface area contributed by atoms with Crippen LogP contribution in [0.4, 0.5) is 0 Å². The number of para-hydroxylation sites is 1. The summed E-state index contributed by atoms with van der Waals surface area (Å²) in [6, 6.07) is 13.3. The molecule has 0 aliphatic heterocycles. The summed E-state index contributed by atoms with van der Waals surface area (Å²) in [5.74, 6) is 0.751. The summed E-state index contributed by atoms with van der Waals surface area (Å²) < 4.78 is 0. The van der Waals surface area contributed by atoms with Crippen LogP contribution in [0.1, 0.15) is 5.56 Å². The Bertz CT molecular complexity index is 779. The van der Waals surface area contributed by atoms with Crippen LogP contribution in [0.3, 0.4) is 0 Å². The number of H-pyrrole nitrogens is 1. The average molecular weight is 288 g/mol. The highest BCUT2D eigenvalue weighted by atomic mass is 35.5. The normalized spacial score (nSPS) is 10.8. The van der Waals surface area contributed by atoms with Crippen molar-refractivity contribution in [1.29, 1.82) is 0 Å². The highest BCUT2D eigenvalue weighted by Gasteiger charge is 2.08. The monoisotopic (exact) mass is 287 g/mol. The molecule has 0 saturated heterocycles. The SMILES string of the molecule is NC(=S)c1cccc(-c2nc3c(Cl)cccc3[nH]2)c1. The maximum atomic E-state index is 6.12. The molecule has 2 aromatic carbocycles. The van der Waals surface area contributed by atoms with Gasteiger partial charge in [0.15, 0.2) is 0 Å². The lowest BCUT2D eigenvalue weighted by molar-refractivity contribution is 1.33. The molecule has 0 bridgehead atoms. The van der Waals surface area contributed by atoms with Gasteiger partial charge in [-0.1, -0.05) is 48.1 Å². The molecule has 0 amide bonds. The lowest BCUT2D eigenvalue weighted by Gasteiger charge is -2.00. The van der Waals surface area contributed by atoms with Crippen molar-refractivity contribution in [2.24, 2.45) is 5.73 Å². The van der Waals surface area contributed by atoms with Crippen molar-refractivity contribution in [3.05, 3.63) is 53.1 Å². The lowest BCUT2D eigenvalue weighted by Crippen LogP contribution is -2.08. The minimum atomic E-state index is 0.371. The molecule has 3 rings (SSSR count). The number of imidazole rings is 1. The van der Waals surface area contributed by atoms with Crippen molar-refractivity contribution < 1.29 is 0 Å². The van der Waals surface area contributed by atoms with Gasteiger partial charge in [0.2, 0.25) is 0 Å². The van der Waals surface area contributed by atoms with Gasteiger partial charge in [0.05, 0.1) is 10.5 Å². The molecule has 0 fully saturated rings. The fourth-order valence-corrected chi connectivity index (χ4v) is 2.30. The first-order chi connectivity index (χ1) is 9.15. The fourth-order valence-electron chi connectivity index (χ4n) is 1.95. The predicted molar refractivity (Wildman–Crippen MR) is 82.4 cm³/mol. The van der Waals surface area contributed by atoms with Crippen LogP contribution in [0.2, 0.25) is 5.02 Å². The summed E-state index contributed by atoms with van der Waals surface area (Å²) in [6.45, 7) is 0. The maximum Gasteiger partial charge on any atom is 0.138 e. The van der Waals surface area contributed by atoms with Crippen LogP contribution in [-0.4, -0.2) is 15.0 Å². The molecule has 3 nitrogen and oxygen atoms in total. The van der Waals surface area contributed by atoms with Crippen molar-refractivity contribution >= 4 is 39.8 Å². The molecular weight excluding hydrogens is 278 g/mol. The summed E-state index contributed by atoms with van der Waals surface area (Å²) >= 11 is 11.1. The molecule has 94 valence electrons. The van der Waals surface area contributed by atoms with E-state index in [4.69, 9.17) is 29.6 Å². The van der Waals surface area contributed by atoms with Crippen molar-refractivity contribution in [2.75, 3.05) is 0 Å². The first kappa shape index (κ1) is 12.1. The van der Waals surface area contributed by atoms with Crippen molar-refractivity contribution in [3.63, 3.8) is 0 Å². The topological polar surface area (TPSA) is 54.7 Å². The summed E-state index contributed by atoms with van der Waals surface area (Å²) in [6.07, 6.45) is 0. The van der Waals surface area contributed by atoms with Gasteiger partial charge in [-0.2, -0.15) is 0 Å². The van der Waals surface area contributed by atoms with Gasteiger partial charge in [0.25, 0.3) is 0 Å². The fraction of sp³-hybridized carbons (Fsp3) is 0. The van der Waals surface area contributed by atoms with E-state index in [-0.39, 0.29) is 0 Å². The molecule has 0 aliphatic rings. The molecule has 19 heavy (non-hydrogen) atoms. The van der Waals surface area contributed by atoms with Crippen LogP contribution in [-0.2, 0) is 0 Å². The highest BCUT2D eigenvalue weighted by Crippen LogP contribution is 2.25. The van der Waals surface area contributed by atoms with Crippen LogP contribution < -0.4 is 5.73 Å². The number of nitrogens with one attached hydrogen (secondary N) is 1. The molecule has 0 atom stereocenters. The second kappa shape index (κ2) is 4.64. The molecule has 0 saturated carbocycles. The third kappa shape index (κ3) is 2.20. The minimum absolute atomic E-state index is 0.371. The maximum absolute atomic E-state index is 6.12. The number of aromatic amines is 1. The van der Waals surface area contributed by atoms with E-state index >= 15 is 0 Å². The van der Waals surface area contributed by atoms with Crippen molar-refractivity contribution in [1.82, 2.24) is 9.97 Å². The molecule has 0 aliphatic carbocycles. The van der Waals surface area contributed by atoms with Crippen molar-refractivity contribution in [2.45, 2.75) is 0 Å². The number of aromatic nitrogens is 2. The molecule has 5 heteroatoms. The Labute approximate surface area is 120 Å². The molecule has 3 aromatic rings. The Hall–Kier alpha value is -1.91. The molecular formula is C14H10ClN3S. The van der Waals surface area contributed by atoms with Gasteiger partial charge < -0.3 is 10.7 Å². The summed E-state index contributed by atoms with van der Waals surface area (Å²) in [5, 5.41) is 0.630. The third-order valence-electron chi connectivity index (χ3n) is 2.88. The summed E-state index contributed by atoms with van der Waals surface area (Å²) in [4.78, 5) is 8.12. The molecule has 1 aromatic heterocycles. The van der Waals surface area contributed by atoms with Gasteiger partial charge in [-0.25, -0.2) is 4.98 Å². The zero-order chi connectivity index (χ0) is 13.4. The lowest BCUT2D eigenvalue weighted by atomic mass is 10.1. The van der Waals surface area contributed by atoms with E-state index in [0.29, 0.717) is 10.0 Å². The Balaban J connectivity index is 2.16. The minimum Gasteiger partial charge on any atom is -0.389 e. The molecule has 0 spiro atoms. The number of thiocarbonyl (C=S) groups is 1. The number of hydrogen-bond acceptors (Lipinski definition) is 2. The Morgan fingerprint density at radius 1 is 1.21 bits per heavy atom. The number of rotatable bonds is 2. The average Bonchev–Trinajstić information content (AvgIpc) is 2.84. The van der Waals surface area contributed by atoms with E-state index in [2.05, 4.69) is 9.97 Å². The van der Waals surface area contributed by atoms with E-state index < -0.39 is 0 Å². The van der Waals surface area contributed by atoms with Gasteiger partial charge in [-0.15, -0.1) is 0 Å². The standard InChI is InChI=1S/C14H10ClN3S/c15-10-5-2-6-11-12(10)18-14(17-11)9-4-1-3-8(7-9)13(16)19/h1-7H,(H2,16,19)(H,17,18). The summed E-state index contributed by atoms with van der Waals surface area (Å²) in [5.41, 5.74) is 9.06. The number of benzene rings is 2. The van der Waals surface area contributed by atoms with Gasteiger partial charge in [0.1, 0.15) is 16.3 Å². The molecule has 0 radical (unpaired) electrons. The van der Waals surface area contributed by atoms with E-state index in [1.807, 2.05) is 42.5 Å². The number of fused-ring (bicyclic) bond motifs is 1. The van der Waals surface area contributed by atoms with Crippen LogP contribution in [0.5, 0.6) is 0 Å². The van der Waals surface area contributed by atoms with E-state index in [1.165, 1.54) is 0 Å². The Morgan fingerprint density at radius 3 is 2.74 bits per heavy atom. The number of nitrogens with zero attached hydrogens (tertiary/aromatic N) is 1. The molecule has 0 unspecified atom stereocenters. The zero-order valence-corrected chi connectivity index (χ0v) is 11.4. The predicted octanol–water partition coefficient (Wildman–Crippen LogP) is 3.52. The number of hydrogen-bond donors (Lipinski definition) is 2. The quantitative estimate of drug-likeness (QED) is 0.709. The second-order valence-electron chi connectivity index (χ2n) is 4.17. The van der Waals surface area contributed by atoms with E-state index in [1.54, 1.807) is 0 Å². The highest BCUT2D eigenvalue weighted by molar-refractivity contribution is 7.80. The van der Waals surface area contributed by atoms with Gasteiger partial charge in [-0.3, -0.25) is 0 Å². The van der Waals surface area contributed by atoms with Crippen LogP contribution in [0.15, 0.2) is 42.5 Å². The Kier molecular flexibility index (Phi) is 2.97. The number of halogens is 1. The smallest absolute Gasteiger partial charge is 0.138 e. The largest absolute Gasteiger partial charge is 0.389 e. The number of nitrogens with two attached hydrogens (primary N) is 1. The molecule has 3 N–H and O–H groups in total. The van der Waals surface area contributed by atoms with E-state index in [0.717, 1.165) is 28.0 Å². The van der Waals surface area contributed by atoms with E-state index in [9.17, 15) is 0 Å². The first-order valence-corrected chi connectivity index (χ1v) is 6.48. The zero-order valence-electron chi connectivity index (χ0n) is 9.85. The van der Waals surface area contributed by atoms with Crippen LogP contribution in [0, 0.1) is 0 Å². The summed E-state index contributed by atoms with van der Waals surface area (Å²) in [7, 11) is 0. The first-order valence-electron chi connectivity index (χ1n) is 5.69. The van der Waals surface area contributed by atoms with Crippen molar-refractivity contribution in [3.8, 4) is 11.4 Å². The van der Waals surface area contributed by atoms with Gasteiger partial charge in [0, 0.05) is 11.1 Å². The third-order valence-corrected chi connectivity index (χ3v) is 3.42. The van der Waals surface area contributed by atoms with Crippen LogP contribution >= 0.6 is 23.8 Å².